The summed E-state index contributed by atoms with van der Waals surface area (Å²) in [4.78, 5) is 21.9. The molecule has 0 atom stereocenters. The minimum atomic E-state index is -0.252. The number of carbonyl (C=O) groups is 1. The van der Waals surface area contributed by atoms with Crippen LogP contribution >= 0.6 is 22.9 Å². The van der Waals surface area contributed by atoms with Gasteiger partial charge in [-0.05, 0) is 12.1 Å². The maximum atomic E-state index is 12.0. The molecule has 0 bridgehead atoms. The van der Waals surface area contributed by atoms with Crippen LogP contribution in [0.4, 0.5) is 10.9 Å². The van der Waals surface area contributed by atoms with Crippen molar-refractivity contribution in [3.63, 3.8) is 0 Å². The van der Waals surface area contributed by atoms with Crippen molar-refractivity contribution in [1.29, 1.82) is 0 Å². The van der Waals surface area contributed by atoms with Gasteiger partial charge in [-0.3, -0.25) is 10.1 Å². The Morgan fingerprint density at radius 2 is 2.22 bits per heavy atom. The number of nitrogens with zero attached hydrogens (tertiary/aromatic N) is 3. The SMILES string of the molecule is CN(C)c1cc(C(=O)Nc2nccs2)cc(Cl)n1. The average Bonchev–Trinajstić information content (AvgIpc) is 2.80. The summed E-state index contributed by atoms with van der Waals surface area (Å²) in [5, 5.41) is 5.32. The van der Waals surface area contributed by atoms with Gasteiger partial charge in [-0.2, -0.15) is 0 Å². The number of nitrogens with one attached hydrogen (secondary N) is 1. The molecule has 5 nitrogen and oxygen atoms in total. The van der Waals surface area contributed by atoms with E-state index in [1.54, 1.807) is 22.5 Å². The van der Waals surface area contributed by atoms with Crippen LogP contribution in [0.5, 0.6) is 0 Å². The first-order chi connectivity index (χ1) is 8.56. The maximum Gasteiger partial charge on any atom is 0.257 e. The summed E-state index contributed by atoms with van der Waals surface area (Å²) in [6.07, 6.45) is 1.63. The molecule has 0 saturated carbocycles. The Bertz CT molecular complexity index is 556. The highest BCUT2D eigenvalue weighted by molar-refractivity contribution is 7.13. The molecular weight excluding hydrogens is 272 g/mol. The fourth-order valence-electron chi connectivity index (χ4n) is 1.30. The molecule has 94 valence electrons. The van der Waals surface area contributed by atoms with Gasteiger partial charge in [-0.1, -0.05) is 11.6 Å². The average molecular weight is 283 g/mol. The molecule has 1 N–H and O–H groups in total. The molecule has 0 aliphatic carbocycles. The zero-order valence-electron chi connectivity index (χ0n) is 9.85. The molecule has 0 aliphatic heterocycles. The van der Waals surface area contributed by atoms with Crippen LogP contribution in [0.25, 0.3) is 0 Å². The molecule has 0 aromatic carbocycles. The Morgan fingerprint density at radius 3 is 2.83 bits per heavy atom. The first-order valence-electron chi connectivity index (χ1n) is 5.12. The lowest BCUT2D eigenvalue weighted by Crippen LogP contribution is -2.15. The summed E-state index contributed by atoms with van der Waals surface area (Å²) in [6, 6.07) is 3.20. The van der Waals surface area contributed by atoms with Gasteiger partial charge >= 0.3 is 0 Å². The third kappa shape index (κ3) is 2.96. The van der Waals surface area contributed by atoms with Crippen molar-refractivity contribution in [3.05, 3.63) is 34.4 Å². The van der Waals surface area contributed by atoms with Crippen LogP contribution in [-0.4, -0.2) is 30.0 Å². The molecule has 1 amide bonds. The van der Waals surface area contributed by atoms with Crippen LogP contribution in [-0.2, 0) is 0 Å². The van der Waals surface area contributed by atoms with Gasteiger partial charge in [0.25, 0.3) is 5.91 Å². The third-order valence-corrected chi connectivity index (χ3v) is 3.04. The van der Waals surface area contributed by atoms with Crippen molar-refractivity contribution >= 4 is 39.8 Å². The van der Waals surface area contributed by atoms with Crippen LogP contribution in [0.1, 0.15) is 10.4 Å². The molecule has 0 aliphatic rings. The van der Waals surface area contributed by atoms with E-state index in [-0.39, 0.29) is 11.1 Å². The maximum absolute atomic E-state index is 12.0. The fourth-order valence-corrected chi connectivity index (χ4v) is 2.03. The van der Waals surface area contributed by atoms with Gasteiger partial charge in [0.15, 0.2) is 5.13 Å². The summed E-state index contributed by atoms with van der Waals surface area (Å²) < 4.78 is 0. The summed E-state index contributed by atoms with van der Waals surface area (Å²) in [6.45, 7) is 0. The van der Waals surface area contributed by atoms with E-state index in [4.69, 9.17) is 11.6 Å². The monoisotopic (exact) mass is 282 g/mol. The van der Waals surface area contributed by atoms with E-state index in [1.807, 2.05) is 14.1 Å². The van der Waals surface area contributed by atoms with Gasteiger partial charge in [-0.15, -0.1) is 11.3 Å². The van der Waals surface area contributed by atoms with E-state index < -0.39 is 0 Å². The van der Waals surface area contributed by atoms with E-state index in [1.165, 1.54) is 17.4 Å². The third-order valence-electron chi connectivity index (χ3n) is 2.15. The number of hydrogen-bond donors (Lipinski definition) is 1. The predicted octanol–water partition coefficient (Wildman–Crippen LogP) is 2.51. The lowest BCUT2D eigenvalue weighted by molar-refractivity contribution is 0.102. The molecule has 0 radical (unpaired) electrons. The lowest BCUT2D eigenvalue weighted by atomic mass is 10.2. The van der Waals surface area contributed by atoms with Gasteiger partial charge in [0.2, 0.25) is 0 Å². The van der Waals surface area contributed by atoms with Crippen LogP contribution in [0, 0.1) is 0 Å². The fraction of sp³-hybridized carbons (Fsp3) is 0.182. The standard InChI is InChI=1S/C11H11ClN4OS/c1-16(2)9-6-7(5-8(12)14-9)10(17)15-11-13-3-4-18-11/h3-6H,1-2H3,(H,13,15,17). The zero-order chi connectivity index (χ0) is 13.1. The quantitative estimate of drug-likeness (QED) is 0.879. The summed E-state index contributed by atoms with van der Waals surface area (Å²) >= 11 is 7.25. The highest BCUT2D eigenvalue weighted by Crippen LogP contribution is 2.18. The number of amides is 1. The molecule has 0 fully saturated rings. The second-order valence-corrected chi connectivity index (χ2v) is 5.00. The molecule has 0 saturated heterocycles. The van der Waals surface area contributed by atoms with Gasteiger partial charge in [0, 0.05) is 31.2 Å². The Morgan fingerprint density at radius 1 is 1.44 bits per heavy atom. The number of pyridine rings is 1. The van der Waals surface area contributed by atoms with E-state index in [0.29, 0.717) is 16.5 Å². The zero-order valence-corrected chi connectivity index (χ0v) is 11.4. The number of rotatable bonds is 3. The summed E-state index contributed by atoms with van der Waals surface area (Å²) in [5.41, 5.74) is 0.453. The molecule has 7 heteroatoms. The normalized spacial score (nSPS) is 10.2. The van der Waals surface area contributed by atoms with Crippen LogP contribution in [0.3, 0.4) is 0 Å². The van der Waals surface area contributed by atoms with Gasteiger partial charge in [-0.25, -0.2) is 9.97 Å². The van der Waals surface area contributed by atoms with Crippen LogP contribution in [0.2, 0.25) is 5.15 Å². The smallest absolute Gasteiger partial charge is 0.257 e. The highest BCUT2D eigenvalue weighted by Gasteiger charge is 2.11. The second-order valence-electron chi connectivity index (χ2n) is 3.72. The lowest BCUT2D eigenvalue weighted by Gasteiger charge is -2.12. The van der Waals surface area contributed by atoms with Crippen molar-refractivity contribution in [2.45, 2.75) is 0 Å². The first kappa shape index (κ1) is 12.8. The van der Waals surface area contributed by atoms with Gasteiger partial charge in [0.1, 0.15) is 11.0 Å². The van der Waals surface area contributed by atoms with E-state index in [0.717, 1.165) is 0 Å². The summed E-state index contributed by atoms with van der Waals surface area (Å²) in [7, 11) is 3.67. The first-order valence-corrected chi connectivity index (χ1v) is 6.38. The number of thiazole rings is 1. The largest absolute Gasteiger partial charge is 0.363 e. The molecule has 2 rings (SSSR count). The molecule has 0 unspecified atom stereocenters. The Hall–Kier alpha value is -1.66. The van der Waals surface area contributed by atoms with Crippen molar-refractivity contribution < 1.29 is 4.79 Å². The number of halogens is 1. The van der Waals surface area contributed by atoms with Crippen LogP contribution < -0.4 is 10.2 Å². The second kappa shape index (κ2) is 5.32. The van der Waals surface area contributed by atoms with Gasteiger partial charge in [0.05, 0.1) is 0 Å². The molecule has 2 aromatic heterocycles. The van der Waals surface area contributed by atoms with Gasteiger partial charge < -0.3 is 4.90 Å². The van der Waals surface area contributed by atoms with E-state index in [2.05, 4.69) is 15.3 Å². The topological polar surface area (TPSA) is 58.1 Å². The summed E-state index contributed by atoms with van der Waals surface area (Å²) in [5.74, 6) is 0.379. The van der Waals surface area contributed by atoms with Crippen LogP contribution in [0.15, 0.2) is 23.7 Å². The number of anilines is 2. The van der Waals surface area contributed by atoms with Crippen molar-refractivity contribution in [2.24, 2.45) is 0 Å². The Balaban J connectivity index is 2.24. The van der Waals surface area contributed by atoms with Crippen molar-refractivity contribution in [1.82, 2.24) is 9.97 Å². The number of hydrogen-bond acceptors (Lipinski definition) is 5. The minimum Gasteiger partial charge on any atom is -0.363 e. The van der Waals surface area contributed by atoms with E-state index >= 15 is 0 Å². The Kier molecular flexibility index (Phi) is 3.78. The number of aromatic nitrogens is 2. The minimum absolute atomic E-state index is 0.252. The molecule has 2 aromatic rings. The van der Waals surface area contributed by atoms with E-state index in [9.17, 15) is 4.79 Å². The predicted molar refractivity (Wildman–Crippen MR) is 73.6 cm³/mol. The number of carbonyl (C=O) groups excluding carboxylic acids is 1. The highest BCUT2D eigenvalue weighted by atomic mass is 35.5. The van der Waals surface area contributed by atoms with Crippen molar-refractivity contribution in [2.75, 3.05) is 24.3 Å². The molecule has 0 spiro atoms. The molecule has 2 heterocycles. The van der Waals surface area contributed by atoms with Crippen molar-refractivity contribution in [3.8, 4) is 0 Å². The molecule has 18 heavy (non-hydrogen) atoms. The molecular formula is C11H11ClN4OS. The Labute approximate surface area is 113 Å².